The summed E-state index contributed by atoms with van der Waals surface area (Å²) in [6, 6.07) is 5.15. The number of hydrogen-bond acceptors (Lipinski definition) is 3. The van der Waals surface area contributed by atoms with Crippen molar-refractivity contribution in [2.45, 2.75) is 57.5 Å². The van der Waals surface area contributed by atoms with Gasteiger partial charge in [-0.3, -0.25) is 4.79 Å². The molecule has 1 aliphatic carbocycles. The van der Waals surface area contributed by atoms with E-state index in [4.69, 9.17) is 4.74 Å². The standard InChI is InChI=1S/C22H26F3N3O2/c23-22(24,25)18-8-6-16(7-9-18)13-27-11-10-26-20(27)15-28(14-19-5-2-12-30-19)21(29)17-3-1-4-17/h6-11,17,19H,1-5,12-15H2/t19-/m1/s1. The van der Waals surface area contributed by atoms with Crippen molar-refractivity contribution >= 4 is 5.91 Å². The van der Waals surface area contributed by atoms with Crippen LogP contribution in [0.15, 0.2) is 36.7 Å². The fraction of sp³-hybridized carbons (Fsp3) is 0.545. The molecular formula is C22H26F3N3O2. The number of carbonyl (C=O) groups excluding carboxylic acids is 1. The Morgan fingerprint density at radius 3 is 2.53 bits per heavy atom. The highest BCUT2D eigenvalue weighted by atomic mass is 19.4. The number of imidazole rings is 1. The average molecular weight is 421 g/mol. The molecule has 0 unspecified atom stereocenters. The highest BCUT2D eigenvalue weighted by molar-refractivity contribution is 5.79. The second-order valence-electron chi connectivity index (χ2n) is 8.15. The van der Waals surface area contributed by atoms with Gasteiger partial charge in [-0.25, -0.2) is 4.98 Å². The Morgan fingerprint density at radius 2 is 1.93 bits per heavy atom. The summed E-state index contributed by atoms with van der Waals surface area (Å²) in [5, 5.41) is 0. The highest BCUT2D eigenvalue weighted by Gasteiger charge is 2.32. The lowest BCUT2D eigenvalue weighted by Gasteiger charge is -2.33. The molecule has 2 aliphatic rings. The minimum Gasteiger partial charge on any atom is -0.376 e. The molecule has 162 valence electrons. The zero-order chi connectivity index (χ0) is 21.1. The van der Waals surface area contributed by atoms with E-state index in [1.807, 2.05) is 9.47 Å². The predicted molar refractivity (Wildman–Crippen MR) is 105 cm³/mol. The maximum absolute atomic E-state index is 13.0. The third kappa shape index (κ3) is 4.86. The summed E-state index contributed by atoms with van der Waals surface area (Å²) in [7, 11) is 0. The smallest absolute Gasteiger partial charge is 0.376 e. The van der Waals surface area contributed by atoms with Gasteiger partial charge in [-0.05, 0) is 43.4 Å². The summed E-state index contributed by atoms with van der Waals surface area (Å²) in [4.78, 5) is 19.2. The lowest BCUT2D eigenvalue weighted by Crippen LogP contribution is -2.42. The van der Waals surface area contributed by atoms with Crippen molar-refractivity contribution in [2.75, 3.05) is 13.2 Å². The van der Waals surface area contributed by atoms with Gasteiger partial charge < -0.3 is 14.2 Å². The molecule has 0 N–H and O–H groups in total. The van der Waals surface area contributed by atoms with Crippen molar-refractivity contribution in [3.05, 3.63) is 53.6 Å². The lowest BCUT2D eigenvalue weighted by atomic mass is 9.84. The van der Waals surface area contributed by atoms with Gasteiger partial charge in [0.1, 0.15) is 5.82 Å². The number of ether oxygens (including phenoxy) is 1. The molecule has 2 heterocycles. The molecule has 1 aliphatic heterocycles. The van der Waals surface area contributed by atoms with Gasteiger partial charge in [-0.2, -0.15) is 13.2 Å². The molecule has 1 aromatic carbocycles. The Balaban J connectivity index is 1.46. The van der Waals surface area contributed by atoms with Crippen molar-refractivity contribution in [3.8, 4) is 0 Å². The number of nitrogens with zero attached hydrogens (tertiary/aromatic N) is 3. The summed E-state index contributed by atoms with van der Waals surface area (Å²) in [5.41, 5.74) is 0.0872. The Labute approximate surface area is 173 Å². The zero-order valence-corrected chi connectivity index (χ0v) is 16.8. The molecule has 1 saturated carbocycles. The molecule has 1 aromatic heterocycles. The normalized spacial score (nSPS) is 19.6. The van der Waals surface area contributed by atoms with Gasteiger partial charge >= 0.3 is 6.18 Å². The molecule has 2 aromatic rings. The van der Waals surface area contributed by atoms with Crippen LogP contribution >= 0.6 is 0 Å². The van der Waals surface area contributed by atoms with Crippen molar-refractivity contribution in [1.82, 2.24) is 14.5 Å². The number of benzene rings is 1. The van der Waals surface area contributed by atoms with Gasteiger partial charge in [0.25, 0.3) is 0 Å². The Hall–Kier alpha value is -2.35. The fourth-order valence-corrected chi connectivity index (χ4v) is 3.98. The quantitative estimate of drug-likeness (QED) is 0.671. The third-order valence-corrected chi connectivity index (χ3v) is 5.98. The zero-order valence-electron chi connectivity index (χ0n) is 16.8. The summed E-state index contributed by atoms with van der Waals surface area (Å²) < 4.78 is 46.0. The minimum atomic E-state index is -4.34. The largest absolute Gasteiger partial charge is 0.416 e. The maximum atomic E-state index is 13.0. The second-order valence-corrected chi connectivity index (χ2v) is 8.15. The minimum absolute atomic E-state index is 0.0624. The van der Waals surface area contributed by atoms with Crippen LogP contribution in [0.5, 0.6) is 0 Å². The summed E-state index contributed by atoms with van der Waals surface area (Å²) in [6.07, 6.45) is 4.10. The van der Waals surface area contributed by atoms with E-state index in [9.17, 15) is 18.0 Å². The Bertz CT molecular complexity index is 853. The molecule has 0 spiro atoms. The van der Waals surface area contributed by atoms with Gasteiger partial charge in [0.2, 0.25) is 5.91 Å². The summed E-state index contributed by atoms with van der Waals surface area (Å²) >= 11 is 0. The van der Waals surface area contributed by atoms with E-state index in [0.29, 0.717) is 19.6 Å². The number of aromatic nitrogens is 2. The van der Waals surface area contributed by atoms with E-state index >= 15 is 0 Å². The van der Waals surface area contributed by atoms with Gasteiger partial charge in [0, 0.05) is 38.0 Å². The number of amides is 1. The molecule has 4 rings (SSSR count). The highest BCUT2D eigenvalue weighted by Crippen LogP contribution is 2.30. The van der Waals surface area contributed by atoms with E-state index in [0.717, 1.165) is 62.2 Å². The molecule has 0 bridgehead atoms. The van der Waals surface area contributed by atoms with Gasteiger partial charge in [-0.1, -0.05) is 18.6 Å². The molecule has 1 saturated heterocycles. The van der Waals surface area contributed by atoms with Crippen LogP contribution in [0.1, 0.15) is 49.1 Å². The topological polar surface area (TPSA) is 47.4 Å². The predicted octanol–water partition coefficient (Wildman–Crippen LogP) is 4.26. The first-order valence-electron chi connectivity index (χ1n) is 10.5. The van der Waals surface area contributed by atoms with E-state index < -0.39 is 11.7 Å². The van der Waals surface area contributed by atoms with Crippen LogP contribution in [-0.2, 0) is 28.8 Å². The number of halogens is 3. The fourth-order valence-electron chi connectivity index (χ4n) is 3.98. The van der Waals surface area contributed by atoms with E-state index in [2.05, 4.69) is 4.98 Å². The molecule has 8 heteroatoms. The number of alkyl halides is 3. The summed E-state index contributed by atoms with van der Waals surface area (Å²) in [5.74, 6) is 0.964. The summed E-state index contributed by atoms with van der Waals surface area (Å²) in [6.45, 7) is 2.07. The third-order valence-electron chi connectivity index (χ3n) is 5.98. The van der Waals surface area contributed by atoms with Crippen LogP contribution in [0.2, 0.25) is 0 Å². The van der Waals surface area contributed by atoms with Gasteiger partial charge in [-0.15, -0.1) is 0 Å². The van der Waals surface area contributed by atoms with E-state index in [-0.39, 0.29) is 17.9 Å². The molecule has 0 radical (unpaired) electrons. The molecular weight excluding hydrogens is 395 g/mol. The van der Waals surface area contributed by atoms with Crippen molar-refractivity contribution in [2.24, 2.45) is 5.92 Å². The monoisotopic (exact) mass is 421 g/mol. The van der Waals surface area contributed by atoms with Crippen molar-refractivity contribution in [3.63, 3.8) is 0 Å². The van der Waals surface area contributed by atoms with Gasteiger partial charge in [0.15, 0.2) is 0 Å². The molecule has 1 atom stereocenters. The van der Waals surface area contributed by atoms with Crippen LogP contribution in [-0.4, -0.2) is 39.6 Å². The van der Waals surface area contributed by atoms with Crippen molar-refractivity contribution in [1.29, 1.82) is 0 Å². The number of carbonyl (C=O) groups is 1. The lowest BCUT2D eigenvalue weighted by molar-refractivity contribution is -0.140. The number of hydrogen-bond donors (Lipinski definition) is 0. The van der Waals surface area contributed by atoms with E-state index in [1.54, 1.807) is 12.4 Å². The average Bonchev–Trinajstić information content (AvgIpc) is 3.32. The Morgan fingerprint density at radius 1 is 1.17 bits per heavy atom. The first kappa shape index (κ1) is 20.9. The molecule has 5 nitrogen and oxygen atoms in total. The first-order valence-corrected chi connectivity index (χ1v) is 10.5. The van der Waals surface area contributed by atoms with Crippen LogP contribution in [0.4, 0.5) is 13.2 Å². The van der Waals surface area contributed by atoms with Crippen molar-refractivity contribution < 1.29 is 22.7 Å². The first-order chi connectivity index (χ1) is 14.4. The van der Waals surface area contributed by atoms with Crippen LogP contribution in [0.25, 0.3) is 0 Å². The van der Waals surface area contributed by atoms with Gasteiger partial charge in [0.05, 0.1) is 18.2 Å². The molecule has 1 amide bonds. The SMILES string of the molecule is O=C(C1CCC1)N(Cc1nccn1Cc1ccc(C(F)(F)F)cc1)C[C@H]1CCCO1. The second kappa shape index (κ2) is 8.79. The van der Waals surface area contributed by atoms with Crippen LogP contribution < -0.4 is 0 Å². The molecule has 2 fully saturated rings. The Kier molecular flexibility index (Phi) is 6.13. The molecule has 30 heavy (non-hydrogen) atoms. The van der Waals surface area contributed by atoms with E-state index in [1.165, 1.54) is 12.1 Å². The number of rotatable bonds is 7. The maximum Gasteiger partial charge on any atom is 0.416 e. The van der Waals surface area contributed by atoms with Crippen LogP contribution in [0.3, 0.4) is 0 Å². The van der Waals surface area contributed by atoms with Crippen LogP contribution in [0, 0.1) is 5.92 Å².